The summed E-state index contributed by atoms with van der Waals surface area (Å²) in [5.74, 6) is 0.00976. The van der Waals surface area contributed by atoms with Gasteiger partial charge in [0.2, 0.25) is 5.91 Å². The average Bonchev–Trinajstić information content (AvgIpc) is 2.65. The molecular weight excluding hydrogens is 166 g/mol. The highest BCUT2D eigenvalue weighted by Gasteiger charge is 2.08. The second-order valence-electron chi connectivity index (χ2n) is 2.94. The molecule has 1 aromatic heterocycles. The second-order valence-corrected chi connectivity index (χ2v) is 2.94. The van der Waals surface area contributed by atoms with E-state index in [0.29, 0.717) is 6.54 Å². The van der Waals surface area contributed by atoms with Gasteiger partial charge in [0.1, 0.15) is 0 Å². The predicted molar refractivity (Wildman–Crippen MR) is 51.2 cm³/mol. The summed E-state index contributed by atoms with van der Waals surface area (Å²) in [6.45, 7) is 2.55. The van der Waals surface area contributed by atoms with Crippen LogP contribution in [0.1, 0.15) is 12.5 Å². The Morgan fingerprint density at radius 3 is 3.00 bits per heavy atom. The average molecular weight is 181 g/mol. The highest BCUT2D eigenvalue weighted by atomic mass is 16.2. The minimum Gasteiger partial charge on any atom is -0.367 e. The van der Waals surface area contributed by atoms with E-state index in [2.05, 4.69) is 15.6 Å². The van der Waals surface area contributed by atoms with Crippen molar-refractivity contribution in [2.75, 3.05) is 7.05 Å². The number of carbonyl (C=O) groups excluding carboxylic acids is 1. The first-order valence-electron chi connectivity index (χ1n) is 4.30. The van der Waals surface area contributed by atoms with Gasteiger partial charge in [-0.25, -0.2) is 0 Å². The Kier molecular flexibility index (Phi) is 3.52. The molecule has 0 saturated heterocycles. The van der Waals surface area contributed by atoms with Crippen molar-refractivity contribution in [2.45, 2.75) is 19.5 Å². The van der Waals surface area contributed by atoms with Gasteiger partial charge < -0.3 is 15.6 Å². The lowest BCUT2D eigenvalue weighted by Gasteiger charge is -2.10. The fourth-order valence-electron chi connectivity index (χ4n) is 1.05. The Hall–Kier alpha value is -1.29. The summed E-state index contributed by atoms with van der Waals surface area (Å²) in [6.07, 6.45) is 3.77. The molecule has 1 amide bonds. The van der Waals surface area contributed by atoms with Crippen LogP contribution in [0.15, 0.2) is 18.5 Å². The third-order valence-corrected chi connectivity index (χ3v) is 1.91. The lowest BCUT2D eigenvalue weighted by atomic mass is 10.3. The summed E-state index contributed by atoms with van der Waals surface area (Å²) < 4.78 is 0. The molecule has 0 aliphatic heterocycles. The highest BCUT2D eigenvalue weighted by molar-refractivity contribution is 5.80. The highest BCUT2D eigenvalue weighted by Crippen LogP contribution is 1.95. The van der Waals surface area contributed by atoms with Crippen LogP contribution in [0.3, 0.4) is 0 Å². The van der Waals surface area contributed by atoms with Gasteiger partial charge in [-0.05, 0) is 18.6 Å². The molecule has 1 rings (SSSR count). The maximum absolute atomic E-state index is 11.1. The quantitative estimate of drug-likeness (QED) is 0.623. The zero-order chi connectivity index (χ0) is 9.68. The zero-order valence-corrected chi connectivity index (χ0v) is 7.92. The SMILES string of the molecule is CNC(=O)[C@@H](C)NCc1cc[nH]c1. The third-order valence-electron chi connectivity index (χ3n) is 1.91. The summed E-state index contributed by atoms with van der Waals surface area (Å²) in [7, 11) is 1.64. The zero-order valence-electron chi connectivity index (χ0n) is 7.92. The number of amides is 1. The summed E-state index contributed by atoms with van der Waals surface area (Å²) >= 11 is 0. The predicted octanol–water partition coefficient (Wildman–Crippen LogP) is 0.239. The molecule has 0 bridgehead atoms. The van der Waals surface area contributed by atoms with Crippen LogP contribution in [-0.2, 0) is 11.3 Å². The molecule has 1 aromatic rings. The number of nitrogens with one attached hydrogen (secondary N) is 3. The Balaban J connectivity index is 2.30. The van der Waals surface area contributed by atoms with Gasteiger partial charge in [0.25, 0.3) is 0 Å². The van der Waals surface area contributed by atoms with E-state index in [9.17, 15) is 4.79 Å². The molecule has 0 radical (unpaired) electrons. The monoisotopic (exact) mass is 181 g/mol. The van der Waals surface area contributed by atoms with Crippen LogP contribution >= 0.6 is 0 Å². The smallest absolute Gasteiger partial charge is 0.236 e. The van der Waals surface area contributed by atoms with Crippen molar-refractivity contribution in [3.63, 3.8) is 0 Å². The molecule has 0 aliphatic rings. The summed E-state index contributed by atoms with van der Waals surface area (Å²) in [5.41, 5.74) is 1.15. The number of aromatic nitrogens is 1. The van der Waals surface area contributed by atoms with Crippen molar-refractivity contribution in [2.24, 2.45) is 0 Å². The summed E-state index contributed by atoms with van der Waals surface area (Å²) in [6, 6.07) is 1.82. The number of likely N-dealkylation sites (N-methyl/N-ethyl adjacent to an activating group) is 1. The third kappa shape index (κ3) is 2.91. The van der Waals surface area contributed by atoms with Crippen LogP contribution in [0.25, 0.3) is 0 Å². The van der Waals surface area contributed by atoms with E-state index in [1.165, 1.54) is 0 Å². The standard InChI is InChI=1S/C9H15N3O/c1-7(9(13)10-2)12-6-8-3-4-11-5-8/h3-5,7,11-12H,6H2,1-2H3,(H,10,13)/t7-/m1/s1. The van der Waals surface area contributed by atoms with Gasteiger partial charge in [-0.15, -0.1) is 0 Å². The van der Waals surface area contributed by atoms with Gasteiger partial charge >= 0.3 is 0 Å². The van der Waals surface area contributed by atoms with Gasteiger partial charge in [-0.3, -0.25) is 4.79 Å². The first kappa shape index (κ1) is 9.80. The number of H-pyrrole nitrogens is 1. The minimum absolute atomic E-state index is 0.00976. The van der Waals surface area contributed by atoms with Gasteiger partial charge in [0.15, 0.2) is 0 Å². The number of carbonyl (C=O) groups is 1. The second kappa shape index (κ2) is 4.67. The fraction of sp³-hybridized carbons (Fsp3) is 0.444. The number of hydrogen-bond donors (Lipinski definition) is 3. The van der Waals surface area contributed by atoms with Gasteiger partial charge in [-0.2, -0.15) is 0 Å². The van der Waals surface area contributed by atoms with Gasteiger partial charge in [-0.1, -0.05) is 0 Å². The van der Waals surface area contributed by atoms with Crippen molar-refractivity contribution in [1.29, 1.82) is 0 Å². The number of hydrogen-bond acceptors (Lipinski definition) is 2. The minimum atomic E-state index is -0.153. The maximum atomic E-state index is 11.1. The van der Waals surface area contributed by atoms with Crippen LogP contribution in [0.2, 0.25) is 0 Å². The van der Waals surface area contributed by atoms with Crippen LogP contribution in [0, 0.1) is 0 Å². The molecule has 4 heteroatoms. The topological polar surface area (TPSA) is 56.9 Å². The van der Waals surface area contributed by atoms with E-state index in [4.69, 9.17) is 0 Å². The van der Waals surface area contributed by atoms with Crippen LogP contribution in [0.4, 0.5) is 0 Å². The molecule has 0 fully saturated rings. The lowest BCUT2D eigenvalue weighted by Crippen LogP contribution is -2.40. The van der Waals surface area contributed by atoms with E-state index >= 15 is 0 Å². The molecule has 0 aromatic carbocycles. The first-order chi connectivity index (χ1) is 6.24. The molecule has 4 nitrogen and oxygen atoms in total. The molecule has 72 valence electrons. The Labute approximate surface area is 77.7 Å². The van der Waals surface area contributed by atoms with Crippen molar-refractivity contribution < 1.29 is 4.79 Å². The van der Waals surface area contributed by atoms with E-state index in [1.807, 2.05) is 25.4 Å². The fourth-order valence-corrected chi connectivity index (χ4v) is 1.05. The van der Waals surface area contributed by atoms with Crippen LogP contribution < -0.4 is 10.6 Å². The van der Waals surface area contributed by atoms with Crippen molar-refractivity contribution >= 4 is 5.91 Å². The summed E-state index contributed by atoms with van der Waals surface area (Å²) in [4.78, 5) is 14.0. The molecule has 0 unspecified atom stereocenters. The molecule has 1 heterocycles. The van der Waals surface area contributed by atoms with Crippen molar-refractivity contribution in [3.8, 4) is 0 Å². The van der Waals surface area contributed by atoms with Crippen molar-refractivity contribution in [3.05, 3.63) is 24.0 Å². The van der Waals surface area contributed by atoms with E-state index in [1.54, 1.807) is 7.05 Å². The van der Waals surface area contributed by atoms with Crippen LogP contribution in [-0.4, -0.2) is 24.0 Å². The Morgan fingerprint density at radius 2 is 2.46 bits per heavy atom. The van der Waals surface area contributed by atoms with E-state index < -0.39 is 0 Å². The van der Waals surface area contributed by atoms with Gasteiger partial charge in [0.05, 0.1) is 6.04 Å². The number of aromatic amines is 1. The maximum Gasteiger partial charge on any atom is 0.236 e. The van der Waals surface area contributed by atoms with Crippen LogP contribution in [0.5, 0.6) is 0 Å². The first-order valence-corrected chi connectivity index (χ1v) is 4.30. The van der Waals surface area contributed by atoms with Crippen molar-refractivity contribution in [1.82, 2.24) is 15.6 Å². The number of rotatable bonds is 4. The van der Waals surface area contributed by atoms with E-state index in [0.717, 1.165) is 5.56 Å². The Morgan fingerprint density at radius 1 is 1.69 bits per heavy atom. The molecule has 1 atom stereocenters. The largest absolute Gasteiger partial charge is 0.367 e. The van der Waals surface area contributed by atoms with E-state index in [-0.39, 0.29) is 11.9 Å². The van der Waals surface area contributed by atoms with Gasteiger partial charge in [0, 0.05) is 26.0 Å². The lowest BCUT2D eigenvalue weighted by molar-refractivity contribution is -0.122. The molecule has 13 heavy (non-hydrogen) atoms. The molecule has 0 spiro atoms. The Bertz CT molecular complexity index is 256. The molecule has 0 saturated carbocycles. The summed E-state index contributed by atoms with van der Waals surface area (Å²) in [5, 5.41) is 5.69. The molecular formula is C9H15N3O. The normalized spacial score (nSPS) is 12.5. The molecule has 3 N–H and O–H groups in total. The molecule has 0 aliphatic carbocycles.